The van der Waals surface area contributed by atoms with Crippen molar-refractivity contribution in [3.8, 4) is 0 Å². The molecular formula is C4H9NO4. The molecule has 1 N–H and O–H groups in total. The van der Waals surface area contributed by atoms with Crippen molar-refractivity contribution in [3.05, 3.63) is 5.21 Å². The molecule has 0 aromatic rings. The second-order valence-electron chi connectivity index (χ2n) is 1.54. The highest BCUT2D eigenvalue weighted by molar-refractivity contribution is 5.65. The molecule has 0 radical (unpaired) electrons. The first-order valence-corrected chi connectivity index (χ1v) is 2.50. The third kappa shape index (κ3) is 3.89. The zero-order chi connectivity index (χ0) is 7.49. The summed E-state index contributed by atoms with van der Waals surface area (Å²) in [4.78, 5) is 12.0. The topological polar surface area (TPSA) is 69.6 Å². The average Bonchev–Trinajstić information content (AvgIpc) is 1.63. The molecule has 0 bridgehead atoms. The van der Waals surface area contributed by atoms with E-state index < -0.39 is 10.9 Å². The predicted octanol–water partition coefficient (Wildman–Crippen LogP) is 0.188. The van der Waals surface area contributed by atoms with E-state index in [0.29, 0.717) is 0 Å². The van der Waals surface area contributed by atoms with Gasteiger partial charge in [-0.05, 0) is 11.9 Å². The smallest absolute Gasteiger partial charge is 0.368 e. The summed E-state index contributed by atoms with van der Waals surface area (Å²) in [5, 5.41) is 18.8. The normalized spacial score (nSPS) is 16.4. The first-order valence-electron chi connectivity index (χ1n) is 2.50. The third-order valence-corrected chi connectivity index (χ3v) is 0.671. The summed E-state index contributed by atoms with van der Waals surface area (Å²) >= 11 is 0. The van der Waals surface area contributed by atoms with Crippen molar-refractivity contribution in [3.63, 3.8) is 0 Å². The Bertz CT molecular complexity index is 111. The maximum Gasteiger partial charge on any atom is 0.368 e. The maximum atomic E-state index is 10.3. The molecule has 0 amide bonds. The molecule has 0 saturated carbocycles. The fourth-order valence-electron chi connectivity index (χ4n) is 0.265. The molecule has 1 unspecified atom stereocenters. The molecule has 0 rings (SSSR count). The van der Waals surface area contributed by atoms with Crippen LogP contribution in [0.25, 0.3) is 0 Å². The van der Waals surface area contributed by atoms with Crippen molar-refractivity contribution in [2.45, 2.75) is 13.8 Å². The van der Waals surface area contributed by atoms with Crippen LogP contribution >= 0.6 is 0 Å². The van der Waals surface area contributed by atoms with E-state index in [0.717, 1.165) is 6.92 Å². The summed E-state index contributed by atoms with van der Waals surface area (Å²) in [6.45, 7) is 2.24. The largest absolute Gasteiger partial charge is 0.555 e. The van der Waals surface area contributed by atoms with Gasteiger partial charge < -0.3 is 5.21 Å². The van der Waals surface area contributed by atoms with Gasteiger partial charge in [0, 0.05) is 6.92 Å². The van der Waals surface area contributed by atoms with Gasteiger partial charge in [0.25, 0.3) is 0 Å². The Labute approximate surface area is 52.5 Å². The minimum Gasteiger partial charge on any atom is -0.555 e. The van der Waals surface area contributed by atoms with E-state index in [2.05, 4.69) is 4.84 Å². The van der Waals surface area contributed by atoms with Crippen molar-refractivity contribution >= 4 is 5.97 Å². The standard InChI is InChI=1S/C4H9NO4/c1-3-5(7,8)9-4(2)6/h7H,3H2,1-2H3. The van der Waals surface area contributed by atoms with Crippen LogP contribution in [0.3, 0.4) is 0 Å². The Hall–Kier alpha value is -0.650. The number of carbonyl (C=O) groups excluding carboxylic acids is 1. The maximum absolute atomic E-state index is 10.3. The SMILES string of the molecule is CC[N+]([O-])(O)OC(C)=O. The van der Waals surface area contributed by atoms with E-state index in [1.54, 1.807) is 0 Å². The molecule has 0 aromatic carbocycles. The Balaban J connectivity index is 3.71. The summed E-state index contributed by atoms with van der Waals surface area (Å²) in [6, 6.07) is 0. The van der Waals surface area contributed by atoms with Gasteiger partial charge in [0.1, 0.15) is 6.54 Å². The molecule has 9 heavy (non-hydrogen) atoms. The lowest BCUT2D eigenvalue weighted by Gasteiger charge is -2.26. The molecule has 0 fully saturated rings. The van der Waals surface area contributed by atoms with Crippen LogP contribution in [0.2, 0.25) is 0 Å². The summed E-state index contributed by atoms with van der Waals surface area (Å²) in [7, 11) is 0. The zero-order valence-corrected chi connectivity index (χ0v) is 5.33. The number of quaternary nitrogens is 1. The zero-order valence-electron chi connectivity index (χ0n) is 5.33. The van der Waals surface area contributed by atoms with E-state index >= 15 is 0 Å². The molecular weight excluding hydrogens is 126 g/mol. The van der Waals surface area contributed by atoms with Crippen LogP contribution < -0.4 is 0 Å². The van der Waals surface area contributed by atoms with Gasteiger partial charge in [-0.15, -0.1) is 0 Å². The lowest BCUT2D eigenvalue weighted by molar-refractivity contribution is -1.20. The van der Waals surface area contributed by atoms with Gasteiger partial charge in [0.2, 0.25) is 0 Å². The molecule has 0 saturated heterocycles. The van der Waals surface area contributed by atoms with Crippen LogP contribution in [0.1, 0.15) is 13.8 Å². The highest BCUT2D eigenvalue weighted by Gasteiger charge is 2.14. The van der Waals surface area contributed by atoms with Crippen LogP contribution in [0.5, 0.6) is 0 Å². The number of carbonyl (C=O) groups is 1. The molecule has 0 aliphatic heterocycles. The summed E-state index contributed by atoms with van der Waals surface area (Å²) < 4.78 is 0. The molecule has 54 valence electrons. The first kappa shape index (κ1) is 8.35. The molecule has 1 atom stereocenters. The van der Waals surface area contributed by atoms with Crippen molar-refractivity contribution in [2.75, 3.05) is 6.54 Å². The highest BCUT2D eigenvalue weighted by Crippen LogP contribution is 1.97. The quantitative estimate of drug-likeness (QED) is 0.433. The van der Waals surface area contributed by atoms with Crippen LogP contribution in [-0.2, 0) is 9.63 Å². The first-order chi connectivity index (χ1) is 3.98. The third-order valence-electron chi connectivity index (χ3n) is 0.671. The van der Waals surface area contributed by atoms with Crippen LogP contribution in [0, 0.1) is 5.21 Å². The van der Waals surface area contributed by atoms with Gasteiger partial charge in [-0.2, -0.15) is 5.21 Å². The highest BCUT2D eigenvalue weighted by atomic mass is 17.1. The fourth-order valence-corrected chi connectivity index (χ4v) is 0.265. The molecule has 0 spiro atoms. The fraction of sp³-hybridized carbons (Fsp3) is 0.750. The van der Waals surface area contributed by atoms with Gasteiger partial charge >= 0.3 is 5.97 Å². The molecule has 5 nitrogen and oxygen atoms in total. The minimum atomic E-state index is -1.95. The van der Waals surface area contributed by atoms with E-state index in [4.69, 9.17) is 5.21 Å². The second-order valence-corrected chi connectivity index (χ2v) is 1.54. The number of hydroxylamine groups is 3. The van der Waals surface area contributed by atoms with Crippen molar-refractivity contribution < 1.29 is 19.8 Å². The number of hydrogen-bond acceptors (Lipinski definition) is 4. The molecule has 0 aliphatic rings. The minimum absolute atomic E-state index is 0.209. The lowest BCUT2D eigenvalue weighted by Crippen LogP contribution is -2.39. The van der Waals surface area contributed by atoms with Crippen molar-refractivity contribution in [1.82, 2.24) is 0 Å². The van der Waals surface area contributed by atoms with E-state index in [1.165, 1.54) is 6.92 Å². The van der Waals surface area contributed by atoms with E-state index in [9.17, 15) is 10.0 Å². The summed E-state index contributed by atoms with van der Waals surface area (Å²) in [6.07, 6.45) is 0. The van der Waals surface area contributed by atoms with Gasteiger partial charge in [-0.1, -0.05) is 0 Å². The van der Waals surface area contributed by atoms with E-state index in [1.807, 2.05) is 0 Å². The van der Waals surface area contributed by atoms with Gasteiger partial charge in [0.05, 0.1) is 0 Å². The van der Waals surface area contributed by atoms with Gasteiger partial charge in [-0.25, -0.2) is 9.63 Å². The van der Waals surface area contributed by atoms with Crippen molar-refractivity contribution in [1.29, 1.82) is 0 Å². The molecule has 0 aliphatic carbocycles. The predicted molar refractivity (Wildman–Crippen MR) is 27.7 cm³/mol. The lowest BCUT2D eigenvalue weighted by atomic mass is 10.8. The number of nitrogens with zero attached hydrogens (tertiary/aromatic N) is 1. The van der Waals surface area contributed by atoms with Crippen molar-refractivity contribution in [2.24, 2.45) is 0 Å². The van der Waals surface area contributed by atoms with Gasteiger partial charge in [-0.3, -0.25) is 0 Å². The molecule has 5 heteroatoms. The van der Waals surface area contributed by atoms with Crippen LogP contribution in [-0.4, -0.2) is 22.7 Å². The number of hydrogen-bond donors (Lipinski definition) is 1. The Morgan fingerprint density at radius 1 is 1.89 bits per heavy atom. The Kier molecular flexibility index (Phi) is 2.57. The summed E-state index contributed by atoms with van der Waals surface area (Å²) in [5.74, 6) is -0.797. The van der Waals surface area contributed by atoms with Gasteiger partial charge in [0.15, 0.2) is 0 Å². The van der Waals surface area contributed by atoms with Crippen LogP contribution in [0.4, 0.5) is 0 Å². The second kappa shape index (κ2) is 2.77. The number of rotatable bonds is 2. The Morgan fingerprint density at radius 2 is 2.33 bits per heavy atom. The Morgan fingerprint density at radius 3 is 2.44 bits per heavy atom. The van der Waals surface area contributed by atoms with E-state index in [-0.39, 0.29) is 6.54 Å². The summed E-state index contributed by atoms with van der Waals surface area (Å²) in [5.41, 5.74) is 0. The average molecular weight is 135 g/mol. The monoisotopic (exact) mass is 135 g/mol. The molecule has 0 heterocycles. The van der Waals surface area contributed by atoms with Crippen LogP contribution in [0.15, 0.2) is 0 Å². The molecule has 0 aromatic heterocycles.